The van der Waals surface area contributed by atoms with Crippen molar-refractivity contribution in [2.75, 3.05) is 31.1 Å². The summed E-state index contributed by atoms with van der Waals surface area (Å²) in [5, 5.41) is 29.6. The van der Waals surface area contributed by atoms with Crippen LogP contribution in [0.4, 0.5) is 0 Å². The summed E-state index contributed by atoms with van der Waals surface area (Å²) in [7, 11) is 2.67. The fourth-order valence-corrected chi connectivity index (χ4v) is 11.4. The van der Waals surface area contributed by atoms with E-state index < -0.39 is 96.2 Å². The van der Waals surface area contributed by atoms with Crippen molar-refractivity contribution < 1.29 is 43.5 Å². The number of para-hydroxylation sites is 2. The van der Waals surface area contributed by atoms with E-state index in [2.05, 4.69) is 41.9 Å². The molecule has 418 valence electrons. The van der Waals surface area contributed by atoms with Gasteiger partial charge in [-0.25, -0.2) is 0 Å². The van der Waals surface area contributed by atoms with Gasteiger partial charge in [-0.1, -0.05) is 119 Å². The molecule has 0 saturated carbocycles. The van der Waals surface area contributed by atoms with Crippen LogP contribution in [0.3, 0.4) is 0 Å². The molecule has 1 fully saturated rings. The first-order valence-electron chi connectivity index (χ1n) is 26.4. The molecule has 6 aromatic rings. The fraction of sp³-hybridized carbons (Fsp3) is 0.368. The number of primary amides is 1. The second-order valence-corrected chi connectivity index (χ2v) is 22.2. The van der Waals surface area contributed by atoms with Gasteiger partial charge < -0.3 is 63.3 Å². The number of unbranched alkanes of at least 4 members (excludes halogenated alkanes) is 1. The Morgan fingerprint density at radius 2 is 1.05 bits per heavy atom. The van der Waals surface area contributed by atoms with Crippen LogP contribution < -0.4 is 43.4 Å². The van der Waals surface area contributed by atoms with Crippen molar-refractivity contribution in [2.24, 2.45) is 11.5 Å². The van der Waals surface area contributed by atoms with Gasteiger partial charge in [0.2, 0.25) is 47.3 Å². The van der Waals surface area contributed by atoms with E-state index in [1.807, 2.05) is 78.9 Å². The van der Waals surface area contributed by atoms with Gasteiger partial charge in [-0.05, 0) is 67.1 Å². The molecule has 2 aromatic heterocycles. The number of aliphatic hydroxyl groups excluding tert-OH is 1. The molecule has 1 aliphatic heterocycles. The largest absolute Gasteiger partial charge is 0.391 e. The molecule has 1 aliphatic rings. The number of amides is 8. The van der Waals surface area contributed by atoms with Gasteiger partial charge in [-0.2, -0.15) is 0 Å². The molecule has 0 radical (unpaired) electrons. The summed E-state index contributed by atoms with van der Waals surface area (Å²) in [6, 6.07) is 24.7. The van der Waals surface area contributed by atoms with Crippen LogP contribution in [0.25, 0.3) is 21.8 Å². The number of hydrogen-bond acceptors (Lipinski definition) is 12. The Labute approximate surface area is 465 Å². The summed E-state index contributed by atoms with van der Waals surface area (Å²) >= 11 is 0. The van der Waals surface area contributed by atoms with Gasteiger partial charge >= 0.3 is 0 Å². The van der Waals surface area contributed by atoms with E-state index >= 15 is 4.79 Å². The van der Waals surface area contributed by atoms with Crippen LogP contribution >= 0.6 is 21.6 Å². The third-order valence-electron chi connectivity index (χ3n) is 13.5. The van der Waals surface area contributed by atoms with E-state index in [9.17, 15) is 38.7 Å². The van der Waals surface area contributed by atoms with E-state index in [1.165, 1.54) is 33.4 Å². The highest BCUT2D eigenvalue weighted by atomic mass is 33.1. The lowest BCUT2D eigenvalue weighted by atomic mass is 10.00. The highest BCUT2D eigenvalue weighted by molar-refractivity contribution is 8.76. The second-order valence-electron chi connectivity index (χ2n) is 19.5. The van der Waals surface area contributed by atoms with Gasteiger partial charge in [0.1, 0.15) is 36.3 Å². The number of hydrogen-bond donors (Lipinski definition) is 11. The van der Waals surface area contributed by atoms with Gasteiger partial charge in [0.05, 0.1) is 12.6 Å². The summed E-state index contributed by atoms with van der Waals surface area (Å²) in [4.78, 5) is 122. The smallest absolute Gasteiger partial charge is 0.245 e. The lowest BCUT2D eigenvalue weighted by Crippen LogP contribution is -2.62. The van der Waals surface area contributed by atoms with Crippen molar-refractivity contribution >= 4 is 90.7 Å². The average molecular weight is 1120 g/mol. The summed E-state index contributed by atoms with van der Waals surface area (Å²) in [6.07, 6.45) is 2.68. The van der Waals surface area contributed by atoms with Crippen molar-refractivity contribution in [2.45, 2.75) is 101 Å². The number of aromatic amines is 2. The molecule has 13 N–H and O–H groups in total. The van der Waals surface area contributed by atoms with Gasteiger partial charge in [0, 0.05) is 84.4 Å². The molecule has 8 amide bonds. The number of nitrogens with two attached hydrogens (primary N) is 2. The highest BCUT2D eigenvalue weighted by Gasteiger charge is 2.36. The molecule has 20 nitrogen and oxygen atoms in total. The third kappa shape index (κ3) is 17.2. The van der Waals surface area contributed by atoms with Crippen molar-refractivity contribution in [3.8, 4) is 0 Å². The molecular weight excluding hydrogens is 1050 g/mol. The van der Waals surface area contributed by atoms with Crippen molar-refractivity contribution in [1.29, 1.82) is 0 Å². The molecule has 7 atom stereocenters. The minimum atomic E-state index is -1.65. The Kier molecular flexibility index (Phi) is 21.9. The number of aromatic nitrogens is 2. The molecule has 0 bridgehead atoms. The van der Waals surface area contributed by atoms with Crippen molar-refractivity contribution in [3.05, 3.63) is 144 Å². The summed E-state index contributed by atoms with van der Waals surface area (Å²) in [6.45, 7) is 1.09. The highest BCUT2D eigenvalue weighted by Crippen LogP contribution is 2.24. The second kappa shape index (κ2) is 29.4. The number of aliphatic hydroxyl groups is 1. The maximum atomic E-state index is 15.1. The Balaban J connectivity index is 1.27. The van der Waals surface area contributed by atoms with Crippen LogP contribution in [0.15, 0.2) is 122 Å². The van der Waals surface area contributed by atoms with E-state index in [4.69, 9.17) is 11.5 Å². The van der Waals surface area contributed by atoms with Crippen LogP contribution in [-0.2, 0) is 64.0 Å². The molecular formula is C57H69N11O9S2. The lowest BCUT2D eigenvalue weighted by Gasteiger charge is -2.30. The molecule has 4 aromatic carbocycles. The number of nitrogens with one attached hydrogen (secondary N) is 8. The summed E-state index contributed by atoms with van der Waals surface area (Å²) in [5.74, 6) is -5.27. The maximum absolute atomic E-state index is 15.1. The first-order valence-corrected chi connectivity index (χ1v) is 28.8. The number of nitrogens with zero attached hydrogens (tertiary/aromatic N) is 1. The minimum Gasteiger partial charge on any atom is -0.391 e. The van der Waals surface area contributed by atoms with E-state index in [0.717, 1.165) is 27.4 Å². The molecule has 3 heterocycles. The van der Waals surface area contributed by atoms with E-state index in [-0.39, 0.29) is 57.4 Å². The Morgan fingerprint density at radius 1 is 0.582 bits per heavy atom. The first-order chi connectivity index (χ1) is 38.2. The van der Waals surface area contributed by atoms with Crippen LogP contribution in [0.5, 0.6) is 0 Å². The predicted molar refractivity (Wildman–Crippen MR) is 306 cm³/mol. The number of carbonyl (C=O) groups is 8. The number of carbonyl (C=O) groups excluding carboxylic acids is 8. The molecule has 1 saturated heterocycles. The normalized spacial score (nSPS) is 21.6. The number of rotatable bonds is 15. The minimum absolute atomic E-state index is 0.0105. The van der Waals surface area contributed by atoms with E-state index in [1.54, 1.807) is 42.7 Å². The zero-order valence-electron chi connectivity index (χ0n) is 43.9. The molecule has 0 unspecified atom stereocenters. The Bertz CT molecular complexity index is 3050. The molecule has 22 heteroatoms. The zero-order chi connectivity index (χ0) is 56.3. The van der Waals surface area contributed by atoms with Crippen LogP contribution in [0, 0.1) is 0 Å². The molecule has 79 heavy (non-hydrogen) atoms. The van der Waals surface area contributed by atoms with Crippen molar-refractivity contribution in [1.82, 2.24) is 46.8 Å². The van der Waals surface area contributed by atoms with Crippen LogP contribution in [0.2, 0.25) is 0 Å². The number of fused-ring (bicyclic) bond motifs is 2. The zero-order valence-corrected chi connectivity index (χ0v) is 45.5. The van der Waals surface area contributed by atoms with Gasteiger partial charge in [0.15, 0.2) is 0 Å². The first kappa shape index (κ1) is 59.0. The maximum Gasteiger partial charge on any atom is 0.245 e. The Morgan fingerprint density at radius 3 is 1.58 bits per heavy atom. The van der Waals surface area contributed by atoms with Crippen LogP contribution in [0.1, 0.15) is 54.9 Å². The fourth-order valence-electron chi connectivity index (χ4n) is 9.41. The SMILES string of the molecule is C[C@@H](O)[C@@H]1NC(=O)[C@H](CCCCN)NC(=O)[C@@H](Cc2c[nH]c3ccccc23)NC(=O)[C@H](Cc2c[nH]c3ccccc23)NC(=O)[C@H](Cc2ccccc2)NC(=O)CCSSCCN(CC(N)=O)C(=O)[C@H](Cc2ccccc2)NC1=O. The van der Waals surface area contributed by atoms with Gasteiger partial charge in [0.25, 0.3) is 0 Å². The third-order valence-corrected chi connectivity index (χ3v) is 15.9. The standard InChI is InChI=1S/C57H69N11O9S2/c1-35(69)51-56(76)66-48(29-37-16-6-3-7-17-37)57(77)68(34-49(59)70)25-27-79-78-26-23-50(71)62-45(28-36-14-4-2-5-15-36)53(73)64-47(31-39-33-61-43-21-11-9-19-41(39)43)55(75)65-46(30-38-32-60-42-20-10-8-18-40(38)42)54(74)63-44(52(72)67-51)22-12-13-24-58/h2-11,14-21,32-33,35,44-48,51,60-61,69H,12-13,22-31,34,58H2,1H3,(H2,59,70)(H,62,71)(H,63,74)(H,64,73)(H,65,75)(H,66,76)(H,67,72)/t35-,44+,45+,46-,47+,48+,51+/m1/s1. The molecule has 0 aliphatic carbocycles. The van der Waals surface area contributed by atoms with Gasteiger partial charge in [-0.3, -0.25) is 38.4 Å². The lowest BCUT2D eigenvalue weighted by molar-refractivity contribution is -0.140. The Hall–Kier alpha value is -7.66. The summed E-state index contributed by atoms with van der Waals surface area (Å²) < 4.78 is 0. The number of benzene rings is 4. The van der Waals surface area contributed by atoms with E-state index in [0.29, 0.717) is 35.3 Å². The molecule has 7 rings (SSSR count). The van der Waals surface area contributed by atoms with Crippen LogP contribution in [-0.4, -0.2) is 141 Å². The topological polar surface area (TPSA) is 316 Å². The average Bonchev–Trinajstić information content (AvgIpc) is 4.07. The molecule has 0 spiro atoms. The van der Waals surface area contributed by atoms with Gasteiger partial charge in [-0.15, -0.1) is 0 Å². The monoisotopic (exact) mass is 1120 g/mol. The van der Waals surface area contributed by atoms with Crippen molar-refractivity contribution in [3.63, 3.8) is 0 Å². The predicted octanol–water partition coefficient (Wildman–Crippen LogP) is 2.44. The summed E-state index contributed by atoms with van der Waals surface area (Å²) in [5.41, 5.74) is 15.8. The quantitative estimate of drug-likeness (QED) is 0.0522. The number of H-pyrrole nitrogens is 2.